The lowest BCUT2D eigenvalue weighted by molar-refractivity contribution is 0.439. The third-order valence-electron chi connectivity index (χ3n) is 2.01. The zero-order valence-corrected chi connectivity index (χ0v) is 7.84. The van der Waals surface area contributed by atoms with Crippen LogP contribution < -0.4 is 5.32 Å². The second-order valence-electron chi connectivity index (χ2n) is 2.95. The zero-order valence-electron chi connectivity index (χ0n) is 7.84. The lowest BCUT2D eigenvalue weighted by Crippen LogP contribution is -2.29. The third-order valence-corrected chi connectivity index (χ3v) is 2.01. The van der Waals surface area contributed by atoms with Crippen LogP contribution in [0.5, 0.6) is 0 Å². The van der Waals surface area contributed by atoms with Crippen molar-refractivity contribution in [1.29, 1.82) is 0 Å². The standard InChI is InChI=1S/C10H17NO/c1-3-9(11-4-2)8-10-6-5-7-12-10/h5-7,9,11H,3-4,8H2,1-2H3. The number of hydrogen-bond donors (Lipinski definition) is 1. The van der Waals surface area contributed by atoms with E-state index in [-0.39, 0.29) is 0 Å². The van der Waals surface area contributed by atoms with Crippen LogP contribution in [0, 0.1) is 0 Å². The molecule has 1 aromatic heterocycles. The van der Waals surface area contributed by atoms with Gasteiger partial charge in [-0.15, -0.1) is 0 Å². The van der Waals surface area contributed by atoms with Gasteiger partial charge in [0.05, 0.1) is 6.26 Å². The number of nitrogens with one attached hydrogen (secondary N) is 1. The molecule has 0 bridgehead atoms. The summed E-state index contributed by atoms with van der Waals surface area (Å²) in [7, 11) is 0. The van der Waals surface area contributed by atoms with Crippen molar-refractivity contribution in [2.75, 3.05) is 6.54 Å². The van der Waals surface area contributed by atoms with Gasteiger partial charge in [0.25, 0.3) is 0 Å². The summed E-state index contributed by atoms with van der Waals surface area (Å²) in [5.74, 6) is 1.07. The summed E-state index contributed by atoms with van der Waals surface area (Å²) in [6.07, 6.45) is 3.87. The molecule has 0 fully saturated rings. The first-order valence-corrected chi connectivity index (χ1v) is 4.62. The van der Waals surface area contributed by atoms with Crippen LogP contribution in [0.25, 0.3) is 0 Å². The van der Waals surface area contributed by atoms with E-state index in [1.165, 1.54) is 0 Å². The van der Waals surface area contributed by atoms with E-state index in [0.29, 0.717) is 6.04 Å². The molecule has 0 aliphatic rings. The molecule has 0 saturated carbocycles. The Morgan fingerprint density at radius 1 is 1.50 bits per heavy atom. The molecule has 0 aliphatic carbocycles. The Hall–Kier alpha value is -0.760. The molecule has 1 unspecified atom stereocenters. The Balaban J connectivity index is 2.37. The largest absolute Gasteiger partial charge is 0.469 e. The third kappa shape index (κ3) is 2.70. The predicted molar refractivity (Wildman–Crippen MR) is 50.2 cm³/mol. The number of rotatable bonds is 5. The van der Waals surface area contributed by atoms with Gasteiger partial charge in [0.1, 0.15) is 5.76 Å². The Kier molecular flexibility index (Phi) is 3.88. The summed E-state index contributed by atoms with van der Waals surface area (Å²) in [6.45, 7) is 5.35. The average Bonchev–Trinajstić information content (AvgIpc) is 2.56. The first-order valence-electron chi connectivity index (χ1n) is 4.62. The SMILES string of the molecule is CCNC(CC)Cc1ccco1. The Morgan fingerprint density at radius 3 is 2.83 bits per heavy atom. The van der Waals surface area contributed by atoms with Gasteiger partial charge in [-0.25, -0.2) is 0 Å². The van der Waals surface area contributed by atoms with E-state index in [0.717, 1.165) is 25.1 Å². The lowest BCUT2D eigenvalue weighted by Gasteiger charge is -2.13. The smallest absolute Gasteiger partial charge is 0.105 e. The van der Waals surface area contributed by atoms with Crippen LogP contribution in [0.1, 0.15) is 26.0 Å². The highest BCUT2D eigenvalue weighted by Gasteiger charge is 2.06. The maximum atomic E-state index is 5.27. The molecule has 0 saturated heterocycles. The van der Waals surface area contributed by atoms with Crippen molar-refractivity contribution in [3.63, 3.8) is 0 Å². The molecule has 0 aliphatic heterocycles. The van der Waals surface area contributed by atoms with E-state index in [1.807, 2.05) is 12.1 Å². The molecule has 0 radical (unpaired) electrons. The molecule has 0 aromatic carbocycles. The molecule has 1 aromatic rings. The Labute approximate surface area is 74.0 Å². The van der Waals surface area contributed by atoms with E-state index >= 15 is 0 Å². The minimum Gasteiger partial charge on any atom is -0.469 e. The maximum Gasteiger partial charge on any atom is 0.105 e. The first kappa shape index (κ1) is 9.33. The van der Waals surface area contributed by atoms with Gasteiger partial charge in [-0.2, -0.15) is 0 Å². The van der Waals surface area contributed by atoms with Gasteiger partial charge in [-0.1, -0.05) is 13.8 Å². The van der Waals surface area contributed by atoms with Crippen molar-refractivity contribution in [1.82, 2.24) is 5.32 Å². The van der Waals surface area contributed by atoms with Crippen LogP contribution >= 0.6 is 0 Å². The van der Waals surface area contributed by atoms with Gasteiger partial charge >= 0.3 is 0 Å². The van der Waals surface area contributed by atoms with Crippen molar-refractivity contribution in [3.8, 4) is 0 Å². The molecule has 2 nitrogen and oxygen atoms in total. The zero-order chi connectivity index (χ0) is 8.81. The van der Waals surface area contributed by atoms with Crippen LogP contribution in [-0.4, -0.2) is 12.6 Å². The van der Waals surface area contributed by atoms with Crippen molar-refractivity contribution in [2.45, 2.75) is 32.7 Å². The van der Waals surface area contributed by atoms with Gasteiger partial charge < -0.3 is 9.73 Å². The van der Waals surface area contributed by atoms with E-state index in [9.17, 15) is 0 Å². The highest BCUT2D eigenvalue weighted by Crippen LogP contribution is 2.05. The van der Waals surface area contributed by atoms with Crippen molar-refractivity contribution < 1.29 is 4.42 Å². The van der Waals surface area contributed by atoms with Crippen LogP contribution in [-0.2, 0) is 6.42 Å². The first-order chi connectivity index (χ1) is 5.86. The molecule has 0 spiro atoms. The molecular weight excluding hydrogens is 150 g/mol. The highest BCUT2D eigenvalue weighted by atomic mass is 16.3. The molecular formula is C10H17NO. The summed E-state index contributed by atoms with van der Waals surface area (Å²) in [6, 6.07) is 4.52. The molecule has 0 amide bonds. The fourth-order valence-corrected chi connectivity index (χ4v) is 1.32. The fourth-order valence-electron chi connectivity index (χ4n) is 1.32. The van der Waals surface area contributed by atoms with E-state index in [4.69, 9.17) is 4.42 Å². The second kappa shape index (κ2) is 4.99. The van der Waals surface area contributed by atoms with Gasteiger partial charge in [0, 0.05) is 12.5 Å². The summed E-state index contributed by atoms with van der Waals surface area (Å²) < 4.78 is 5.27. The maximum absolute atomic E-state index is 5.27. The number of furan rings is 1. The van der Waals surface area contributed by atoms with Gasteiger partial charge in [0.15, 0.2) is 0 Å². The molecule has 12 heavy (non-hydrogen) atoms. The summed E-state index contributed by atoms with van der Waals surface area (Å²) in [5.41, 5.74) is 0. The van der Waals surface area contributed by atoms with Crippen molar-refractivity contribution in [2.24, 2.45) is 0 Å². The van der Waals surface area contributed by atoms with Crippen LogP contribution in [0.2, 0.25) is 0 Å². The van der Waals surface area contributed by atoms with E-state index in [1.54, 1.807) is 6.26 Å². The second-order valence-corrected chi connectivity index (χ2v) is 2.95. The molecule has 1 heterocycles. The van der Waals surface area contributed by atoms with E-state index < -0.39 is 0 Å². The number of hydrogen-bond acceptors (Lipinski definition) is 2. The summed E-state index contributed by atoms with van der Waals surface area (Å²) >= 11 is 0. The minimum atomic E-state index is 0.557. The Morgan fingerprint density at radius 2 is 2.33 bits per heavy atom. The molecule has 68 valence electrons. The molecule has 1 atom stereocenters. The van der Waals surface area contributed by atoms with Crippen LogP contribution in [0.3, 0.4) is 0 Å². The summed E-state index contributed by atoms with van der Waals surface area (Å²) in [4.78, 5) is 0. The fraction of sp³-hybridized carbons (Fsp3) is 0.600. The predicted octanol–water partition coefficient (Wildman–Crippen LogP) is 2.21. The highest BCUT2D eigenvalue weighted by molar-refractivity contribution is 5.00. The molecule has 1 N–H and O–H groups in total. The lowest BCUT2D eigenvalue weighted by atomic mass is 10.1. The average molecular weight is 167 g/mol. The van der Waals surface area contributed by atoms with Gasteiger partial charge in [-0.05, 0) is 25.1 Å². The van der Waals surface area contributed by atoms with E-state index in [2.05, 4.69) is 19.2 Å². The minimum absolute atomic E-state index is 0.557. The monoisotopic (exact) mass is 167 g/mol. The number of likely N-dealkylation sites (N-methyl/N-ethyl adjacent to an activating group) is 1. The van der Waals surface area contributed by atoms with Gasteiger partial charge in [-0.3, -0.25) is 0 Å². The molecule has 2 heteroatoms. The summed E-state index contributed by atoms with van der Waals surface area (Å²) in [5, 5.41) is 3.41. The molecule has 1 rings (SSSR count). The normalized spacial score (nSPS) is 13.2. The van der Waals surface area contributed by atoms with Crippen LogP contribution in [0.15, 0.2) is 22.8 Å². The van der Waals surface area contributed by atoms with Gasteiger partial charge in [0.2, 0.25) is 0 Å². The topological polar surface area (TPSA) is 25.2 Å². The van der Waals surface area contributed by atoms with Crippen LogP contribution in [0.4, 0.5) is 0 Å². The quantitative estimate of drug-likeness (QED) is 0.727. The Bertz CT molecular complexity index is 194. The van der Waals surface area contributed by atoms with Crippen molar-refractivity contribution in [3.05, 3.63) is 24.2 Å². The van der Waals surface area contributed by atoms with Crippen molar-refractivity contribution >= 4 is 0 Å².